The van der Waals surface area contributed by atoms with Gasteiger partial charge in [-0.25, -0.2) is 0 Å². The molecule has 0 aliphatic carbocycles. The molecule has 0 rings (SSSR count). The van der Waals surface area contributed by atoms with Crippen molar-refractivity contribution < 1.29 is 29.4 Å². The SMILES string of the molecule is CCCC(=O)ONC(CCC(=O)O)C(=O)O. The largest absolute Gasteiger partial charge is 0.481 e. The topological polar surface area (TPSA) is 113 Å². The van der Waals surface area contributed by atoms with Crippen LogP contribution in [0.25, 0.3) is 0 Å². The molecule has 0 aromatic heterocycles. The number of carboxylic acid groups (broad SMARTS) is 2. The standard InChI is InChI=1S/C9H15NO6/c1-2-3-8(13)16-10-6(9(14)15)4-5-7(11)12/h6,10H,2-5H2,1H3,(H,11,12)(H,14,15). The molecule has 0 aliphatic rings. The van der Waals surface area contributed by atoms with E-state index < -0.39 is 23.9 Å². The van der Waals surface area contributed by atoms with Crippen LogP contribution in [-0.4, -0.2) is 34.2 Å². The molecule has 1 unspecified atom stereocenters. The van der Waals surface area contributed by atoms with E-state index >= 15 is 0 Å². The van der Waals surface area contributed by atoms with Crippen LogP contribution in [0.4, 0.5) is 0 Å². The molecule has 0 aliphatic heterocycles. The highest BCUT2D eigenvalue weighted by Crippen LogP contribution is 1.99. The first kappa shape index (κ1) is 14.4. The second-order valence-corrected chi connectivity index (χ2v) is 3.17. The Morgan fingerprint density at radius 2 is 1.88 bits per heavy atom. The van der Waals surface area contributed by atoms with Gasteiger partial charge in [0.15, 0.2) is 0 Å². The molecule has 0 saturated carbocycles. The summed E-state index contributed by atoms with van der Waals surface area (Å²) < 4.78 is 0. The summed E-state index contributed by atoms with van der Waals surface area (Å²) in [4.78, 5) is 36.3. The monoisotopic (exact) mass is 233 g/mol. The van der Waals surface area contributed by atoms with Gasteiger partial charge in [0.1, 0.15) is 6.04 Å². The van der Waals surface area contributed by atoms with E-state index in [1.807, 2.05) is 5.48 Å². The minimum atomic E-state index is -1.26. The molecule has 0 amide bonds. The Morgan fingerprint density at radius 3 is 2.31 bits per heavy atom. The number of carboxylic acids is 2. The zero-order valence-electron chi connectivity index (χ0n) is 8.93. The predicted octanol–water partition coefficient (Wildman–Crippen LogP) is 0.152. The lowest BCUT2D eigenvalue weighted by atomic mass is 10.2. The molecule has 7 heteroatoms. The maximum absolute atomic E-state index is 10.9. The van der Waals surface area contributed by atoms with Crippen LogP contribution in [-0.2, 0) is 19.2 Å². The average Bonchev–Trinajstić information content (AvgIpc) is 2.17. The van der Waals surface area contributed by atoms with Gasteiger partial charge < -0.3 is 15.1 Å². The van der Waals surface area contributed by atoms with Gasteiger partial charge in [-0.05, 0) is 12.8 Å². The molecular formula is C9H15NO6. The van der Waals surface area contributed by atoms with E-state index in [2.05, 4.69) is 4.84 Å². The van der Waals surface area contributed by atoms with E-state index in [0.717, 1.165) is 0 Å². The number of rotatable bonds is 8. The zero-order valence-corrected chi connectivity index (χ0v) is 8.93. The fourth-order valence-corrected chi connectivity index (χ4v) is 0.893. The van der Waals surface area contributed by atoms with Crippen LogP contribution >= 0.6 is 0 Å². The third kappa shape index (κ3) is 6.77. The van der Waals surface area contributed by atoms with Crippen molar-refractivity contribution in [1.82, 2.24) is 5.48 Å². The van der Waals surface area contributed by atoms with Crippen molar-refractivity contribution in [1.29, 1.82) is 0 Å². The van der Waals surface area contributed by atoms with Gasteiger partial charge in [0.05, 0.1) is 0 Å². The van der Waals surface area contributed by atoms with Crippen LogP contribution in [0.15, 0.2) is 0 Å². The summed E-state index contributed by atoms with van der Waals surface area (Å²) in [6.07, 6.45) is 0.311. The molecule has 0 heterocycles. The highest BCUT2D eigenvalue weighted by molar-refractivity contribution is 5.75. The van der Waals surface area contributed by atoms with Gasteiger partial charge in [-0.3, -0.25) is 14.4 Å². The van der Waals surface area contributed by atoms with Crippen LogP contribution in [0.3, 0.4) is 0 Å². The number of carbonyl (C=O) groups excluding carboxylic acids is 1. The van der Waals surface area contributed by atoms with Gasteiger partial charge in [-0.1, -0.05) is 6.92 Å². The van der Waals surface area contributed by atoms with Gasteiger partial charge >= 0.3 is 17.9 Å². The van der Waals surface area contributed by atoms with Crippen molar-refractivity contribution in [2.75, 3.05) is 0 Å². The molecule has 0 radical (unpaired) electrons. The van der Waals surface area contributed by atoms with Crippen molar-refractivity contribution >= 4 is 17.9 Å². The number of aliphatic carboxylic acids is 2. The molecular weight excluding hydrogens is 218 g/mol. The molecule has 92 valence electrons. The van der Waals surface area contributed by atoms with Crippen molar-refractivity contribution in [2.45, 2.75) is 38.6 Å². The lowest BCUT2D eigenvalue weighted by Gasteiger charge is -2.12. The maximum atomic E-state index is 10.9. The number of nitrogens with one attached hydrogen (secondary N) is 1. The molecule has 3 N–H and O–H groups in total. The van der Waals surface area contributed by atoms with Gasteiger partial charge in [0, 0.05) is 12.8 Å². The molecule has 1 atom stereocenters. The fourth-order valence-electron chi connectivity index (χ4n) is 0.893. The van der Waals surface area contributed by atoms with Crippen molar-refractivity contribution in [2.24, 2.45) is 0 Å². The minimum absolute atomic E-state index is 0.149. The smallest absolute Gasteiger partial charge is 0.324 e. The van der Waals surface area contributed by atoms with E-state index in [1.54, 1.807) is 6.92 Å². The van der Waals surface area contributed by atoms with Crippen LogP contribution in [0.5, 0.6) is 0 Å². The Morgan fingerprint density at radius 1 is 1.25 bits per heavy atom. The normalized spacial score (nSPS) is 11.8. The van der Waals surface area contributed by atoms with Crippen LogP contribution in [0, 0.1) is 0 Å². The molecule has 7 nitrogen and oxygen atoms in total. The van der Waals surface area contributed by atoms with Crippen molar-refractivity contribution in [3.8, 4) is 0 Å². The van der Waals surface area contributed by atoms with E-state index in [0.29, 0.717) is 6.42 Å². The quantitative estimate of drug-likeness (QED) is 0.511. The summed E-state index contributed by atoms with van der Waals surface area (Å²) in [5, 5.41) is 17.1. The Hall–Kier alpha value is -1.63. The van der Waals surface area contributed by atoms with Gasteiger partial charge in [0.2, 0.25) is 0 Å². The van der Waals surface area contributed by atoms with Crippen LogP contribution in [0.2, 0.25) is 0 Å². The Kier molecular flexibility index (Phi) is 6.86. The third-order valence-corrected chi connectivity index (χ3v) is 1.71. The summed E-state index contributed by atoms with van der Waals surface area (Å²) in [6.45, 7) is 1.78. The minimum Gasteiger partial charge on any atom is -0.481 e. The first-order chi connectivity index (χ1) is 7.47. The predicted molar refractivity (Wildman–Crippen MR) is 52.4 cm³/mol. The highest BCUT2D eigenvalue weighted by atomic mass is 16.7. The van der Waals surface area contributed by atoms with Gasteiger partial charge in [-0.2, -0.15) is 0 Å². The Labute approximate surface area is 92.3 Å². The van der Waals surface area contributed by atoms with E-state index in [1.165, 1.54) is 0 Å². The molecule has 0 bridgehead atoms. The second-order valence-electron chi connectivity index (χ2n) is 3.17. The van der Waals surface area contributed by atoms with Crippen molar-refractivity contribution in [3.63, 3.8) is 0 Å². The summed E-state index contributed by atoms with van der Waals surface area (Å²) in [5.74, 6) is -2.93. The fraction of sp³-hybridized carbons (Fsp3) is 0.667. The van der Waals surface area contributed by atoms with Crippen LogP contribution in [0.1, 0.15) is 32.6 Å². The molecule has 0 saturated heterocycles. The lowest BCUT2D eigenvalue weighted by Crippen LogP contribution is -2.38. The zero-order chi connectivity index (χ0) is 12.6. The van der Waals surface area contributed by atoms with Crippen molar-refractivity contribution in [3.05, 3.63) is 0 Å². The van der Waals surface area contributed by atoms with E-state index in [9.17, 15) is 14.4 Å². The molecule has 0 aromatic carbocycles. The molecule has 0 spiro atoms. The molecule has 0 aromatic rings. The number of hydroxylamine groups is 1. The number of hydrogen-bond donors (Lipinski definition) is 3. The van der Waals surface area contributed by atoms with E-state index in [-0.39, 0.29) is 19.3 Å². The van der Waals surface area contributed by atoms with E-state index in [4.69, 9.17) is 10.2 Å². The molecule has 16 heavy (non-hydrogen) atoms. The average molecular weight is 233 g/mol. The number of hydrogen-bond acceptors (Lipinski definition) is 5. The lowest BCUT2D eigenvalue weighted by molar-refractivity contribution is -0.158. The summed E-state index contributed by atoms with van der Waals surface area (Å²) >= 11 is 0. The highest BCUT2D eigenvalue weighted by Gasteiger charge is 2.20. The number of carbonyl (C=O) groups is 3. The first-order valence-corrected chi connectivity index (χ1v) is 4.87. The summed E-state index contributed by atoms with van der Waals surface area (Å²) in [7, 11) is 0. The Balaban J connectivity index is 3.99. The Bertz CT molecular complexity index is 265. The van der Waals surface area contributed by atoms with Crippen LogP contribution < -0.4 is 5.48 Å². The van der Waals surface area contributed by atoms with Gasteiger partial charge in [-0.15, -0.1) is 5.48 Å². The maximum Gasteiger partial charge on any atom is 0.324 e. The summed E-state index contributed by atoms with van der Waals surface area (Å²) in [6, 6.07) is -1.20. The van der Waals surface area contributed by atoms with Gasteiger partial charge in [0.25, 0.3) is 0 Å². The second kappa shape index (κ2) is 7.63. The third-order valence-electron chi connectivity index (χ3n) is 1.71. The summed E-state index contributed by atoms with van der Waals surface area (Å²) in [5.41, 5.74) is 2.05. The molecule has 0 fully saturated rings. The first-order valence-electron chi connectivity index (χ1n) is 4.87.